The molecule has 0 fully saturated rings. The van der Waals surface area contributed by atoms with Gasteiger partial charge < -0.3 is 14.5 Å². The monoisotopic (exact) mass is 359 g/mol. The summed E-state index contributed by atoms with van der Waals surface area (Å²) in [6.07, 6.45) is 0. The van der Waals surface area contributed by atoms with Crippen molar-refractivity contribution < 1.29 is 13.9 Å². The third-order valence-electron chi connectivity index (χ3n) is 4.42. The van der Waals surface area contributed by atoms with Crippen molar-refractivity contribution in [2.75, 3.05) is 7.11 Å². The van der Waals surface area contributed by atoms with Crippen LogP contribution in [0.4, 0.5) is 0 Å². The largest absolute Gasteiger partial charge is 0.497 e. The first-order valence-electron chi connectivity index (χ1n) is 8.52. The van der Waals surface area contributed by atoms with E-state index in [4.69, 9.17) is 9.15 Å². The lowest BCUT2D eigenvalue weighted by Crippen LogP contribution is -2.24. The first-order chi connectivity index (χ1) is 13.1. The van der Waals surface area contributed by atoms with Crippen LogP contribution in [0.2, 0.25) is 0 Å². The van der Waals surface area contributed by atoms with E-state index in [0.717, 1.165) is 22.1 Å². The number of ether oxygens (including phenoxy) is 1. The SMILES string of the molecule is COc1ccc2cc(CNC(=O)c3cc(=O)c4ccccc4o3)ccc2c1. The van der Waals surface area contributed by atoms with Crippen molar-refractivity contribution in [2.45, 2.75) is 6.54 Å². The Hall–Kier alpha value is -3.60. The van der Waals surface area contributed by atoms with E-state index in [1.165, 1.54) is 6.07 Å². The number of carbonyl (C=O) groups excluding carboxylic acids is 1. The van der Waals surface area contributed by atoms with E-state index in [1.54, 1.807) is 31.4 Å². The first-order valence-corrected chi connectivity index (χ1v) is 8.52. The second-order valence-electron chi connectivity index (χ2n) is 6.20. The maximum Gasteiger partial charge on any atom is 0.287 e. The number of hydrogen-bond acceptors (Lipinski definition) is 4. The normalized spacial score (nSPS) is 10.9. The van der Waals surface area contributed by atoms with Gasteiger partial charge in [-0.05, 0) is 46.7 Å². The molecule has 1 amide bonds. The number of amides is 1. The number of rotatable bonds is 4. The van der Waals surface area contributed by atoms with E-state index in [-0.39, 0.29) is 11.2 Å². The highest BCUT2D eigenvalue weighted by Crippen LogP contribution is 2.22. The number of fused-ring (bicyclic) bond motifs is 2. The molecular formula is C22H17NO4. The van der Waals surface area contributed by atoms with Gasteiger partial charge in [0.15, 0.2) is 11.2 Å². The predicted octanol–water partition coefficient (Wildman–Crippen LogP) is 3.88. The van der Waals surface area contributed by atoms with E-state index >= 15 is 0 Å². The Kier molecular flexibility index (Phi) is 4.34. The number of nitrogens with one attached hydrogen (secondary N) is 1. The van der Waals surface area contributed by atoms with Crippen molar-refractivity contribution in [3.63, 3.8) is 0 Å². The minimum Gasteiger partial charge on any atom is -0.497 e. The molecule has 1 heterocycles. The molecule has 4 aromatic rings. The van der Waals surface area contributed by atoms with E-state index in [1.807, 2.05) is 36.4 Å². The van der Waals surface area contributed by atoms with Gasteiger partial charge in [0.05, 0.1) is 12.5 Å². The van der Waals surface area contributed by atoms with Gasteiger partial charge in [0.2, 0.25) is 0 Å². The van der Waals surface area contributed by atoms with Crippen LogP contribution in [-0.2, 0) is 6.54 Å². The summed E-state index contributed by atoms with van der Waals surface area (Å²) >= 11 is 0. The van der Waals surface area contributed by atoms with Crippen molar-refractivity contribution in [1.29, 1.82) is 0 Å². The first kappa shape index (κ1) is 16.8. The molecule has 134 valence electrons. The van der Waals surface area contributed by atoms with Crippen molar-refractivity contribution in [3.05, 3.63) is 88.3 Å². The smallest absolute Gasteiger partial charge is 0.287 e. The maximum atomic E-state index is 12.4. The summed E-state index contributed by atoms with van der Waals surface area (Å²) in [7, 11) is 1.64. The zero-order valence-corrected chi connectivity index (χ0v) is 14.7. The van der Waals surface area contributed by atoms with Crippen LogP contribution in [0.1, 0.15) is 16.1 Å². The number of carbonyl (C=O) groups is 1. The highest BCUT2D eigenvalue weighted by molar-refractivity contribution is 5.93. The van der Waals surface area contributed by atoms with Crippen LogP contribution in [-0.4, -0.2) is 13.0 Å². The Labute approximate surface area is 155 Å². The molecule has 0 aliphatic carbocycles. The molecule has 5 nitrogen and oxygen atoms in total. The van der Waals surface area contributed by atoms with Crippen LogP contribution >= 0.6 is 0 Å². The Morgan fingerprint density at radius 3 is 2.63 bits per heavy atom. The predicted molar refractivity (Wildman–Crippen MR) is 104 cm³/mol. The zero-order valence-electron chi connectivity index (χ0n) is 14.7. The lowest BCUT2D eigenvalue weighted by Gasteiger charge is -2.08. The summed E-state index contributed by atoms with van der Waals surface area (Å²) in [5, 5.41) is 5.37. The molecule has 0 atom stereocenters. The van der Waals surface area contributed by atoms with Crippen LogP contribution < -0.4 is 15.5 Å². The van der Waals surface area contributed by atoms with Gasteiger partial charge in [-0.1, -0.05) is 30.3 Å². The number of hydrogen-bond donors (Lipinski definition) is 1. The molecule has 5 heteroatoms. The molecule has 0 aliphatic rings. The van der Waals surface area contributed by atoms with Gasteiger partial charge in [-0.2, -0.15) is 0 Å². The maximum absolute atomic E-state index is 12.4. The van der Waals surface area contributed by atoms with E-state index < -0.39 is 5.91 Å². The third kappa shape index (κ3) is 3.40. The average Bonchev–Trinajstić information content (AvgIpc) is 2.71. The number of methoxy groups -OCH3 is 1. The lowest BCUT2D eigenvalue weighted by molar-refractivity contribution is 0.0923. The molecular weight excluding hydrogens is 342 g/mol. The van der Waals surface area contributed by atoms with E-state index in [9.17, 15) is 9.59 Å². The van der Waals surface area contributed by atoms with Gasteiger partial charge in [0, 0.05) is 12.6 Å². The minimum absolute atomic E-state index is 0.00391. The quantitative estimate of drug-likeness (QED) is 0.600. The van der Waals surface area contributed by atoms with E-state index in [0.29, 0.717) is 17.5 Å². The fourth-order valence-electron chi connectivity index (χ4n) is 3.00. The topological polar surface area (TPSA) is 68.5 Å². The molecule has 1 N–H and O–H groups in total. The van der Waals surface area contributed by atoms with Crippen molar-refractivity contribution in [2.24, 2.45) is 0 Å². The van der Waals surface area contributed by atoms with Gasteiger partial charge in [-0.3, -0.25) is 9.59 Å². The van der Waals surface area contributed by atoms with Gasteiger partial charge >= 0.3 is 0 Å². The summed E-state index contributed by atoms with van der Waals surface area (Å²) in [6.45, 7) is 0.331. The second kappa shape index (κ2) is 6.96. The summed E-state index contributed by atoms with van der Waals surface area (Å²) in [5.41, 5.74) is 1.11. The molecule has 27 heavy (non-hydrogen) atoms. The molecule has 0 saturated heterocycles. The average molecular weight is 359 g/mol. The molecule has 0 aliphatic heterocycles. The van der Waals surface area contributed by atoms with Gasteiger partial charge in [0.1, 0.15) is 11.3 Å². The molecule has 3 aromatic carbocycles. The summed E-state index contributed by atoms with van der Waals surface area (Å²) in [4.78, 5) is 24.5. The fourth-order valence-corrected chi connectivity index (χ4v) is 3.00. The molecule has 0 saturated carbocycles. The van der Waals surface area contributed by atoms with Crippen LogP contribution in [0, 0.1) is 0 Å². The summed E-state index contributed by atoms with van der Waals surface area (Å²) in [5.74, 6) is 0.381. The minimum atomic E-state index is -0.423. The second-order valence-corrected chi connectivity index (χ2v) is 6.20. The van der Waals surface area contributed by atoms with Crippen LogP contribution in [0.5, 0.6) is 5.75 Å². The lowest BCUT2D eigenvalue weighted by atomic mass is 10.1. The third-order valence-corrected chi connectivity index (χ3v) is 4.42. The standard InChI is InChI=1S/C22H17NO4/c1-26-17-9-8-15-10-14(6-7-16(15)11-17)13-23-22(25)21-12-19(24)18-4-2-3-5-20(18)27-21/h2-12H,13H2,1H3,(H,23,25). The number of benzene rings is 3. The highest BCUT2D eigenvalue weighted by atomic mass is 16.5. The Bertz CT molecular complexity index is 1210. The zero-order chi connectivity index (χ0) is 18.8. The van der Waals surface area contributed by atoms with E-state index in [2.05, 4.69) is 5.32 Å². The van der Waals surface area contributed by atoms with Crippen LogP contribution in [0.15, 0.2) is 75.9 Å². The summed E-state index contributed by atoms with van der Waals surface area (Å²) in [6, 6.07) is 19.9. The molecule has 4 rings (SSSR count). The molecule has 0 radical (unpaired) electrons. The fraction of sp³-hybridized carbons (Fsp3) is 0.0909. The van der Waals surface area contributed by atoms with Crippen molar-refractivity contribution in [3.8, 4) is 5.75 Å². The Morgan fingerprint density at radius 2 is 1.78 bits per heavy atom. The molecule has 0 spiro atoms. The molecule has 1 aromatic heterocycles. The molecule has 0 unspecified atom stereocenters. The molecule has 0 bridgehead atoms. The number of para-hydroxylation sites is 1. The van der Waals surface area contributed by atoms with Gasteiger partial charge in [-0.25, -0.2) is 0 Å². The highest BCUT2D eigenvalue weighted by Gasteiger charge is 2.12. The Morgan fingerprint density at radius 1 is 1.00 bits per heavy atom. The van der Waals surface area contributed by atoms with Crippen molar-refractivity contribution in [1.82, 2.24) is 5.32 Å². The Balaban J connectivity index is 1.54. The van der Waals surface area contributed by atoms with Gasteiger partial charge in [-0.15, -0.1) is 0 Å². The summed E-state index contributed by atoms with van der Waals surface area (Å²) < 4.78 is 10.8. The van der Waals surface area contributed by atoms with Crippen molar-refractivity contribution >= 4 is 27.6 Å². The van der Waals surface area contributed by atoms with Gasteiger partial charge in [0.25, 0.3) is 5.91 Å². The van der Waals surface area contributed by atoms with Crippen LogP contribution in [0.3, 0.4) is 0 Å². The van der Waals surface area contributed by atoms with Crippen LogP contribution in [0.25, 0.3) is 21.7 Å².